The zero-order valence-corrected chi connectivity index (χ0v) is 27.7. The molecule has 2 aliphatic rings. The average Bonchev–Trinajstić information content (AvgIpc) is 3.09. The number of nitrogens with one attached hydrogen (secondary N) is 2. The van der Waals surface area contributed by atoms with Crippen LogP contribution in [0.2, 0.25) is 0 Å². The molecule has 2 N–H and O–H groups in total. The highest BCUT2D eigenvalue weighted by atomic mass is 19.1. The van der Waals surface area contributed by atoms with Gasteiger partial charge in [-0.1, -0.05) is 24.6 Å². The largest absolute Gasteiger partial charge is 0.490 e. The SMILES string of the molecule is Cc1ccc(-c2cc(OC(=O)NCc3ccc4c(c3)OCCO4)nc(Nc3ccc(OCCCN4CCCCC4)c(F)c3)n2)c(C)c1C. The molecule has 2 aliphatic heterocycles. The number of carbonyl (C=O) groups is 1. The number of nitrogens with zero attached hydrogens (tertiary/aromatic N) is 3. The summed E-state index contributed by atoms with van der Waals surface area (Å²) in [5.74, 6) is 1.20. The molecule has 0 radical (unpaired) electrons. The van der Waals surface area contributed by atoms with Crippen molar-refractivity contribution in [3.63, 3.8) is 0 Å². The molecule has 1 amide bonds. The van der Waals surface area contributed by atoms with E-state index in [0.717, 1.165) is 53.9 Å². The predicted molar refractivity (Wildman–Crippen MR) is 182 cm³/mol. The normalized spacial score (nSPS) is 14.3. The first-order valence-electron chi connectivity index (χ1n) is 16.5. The number of benzene rings is 3. The van der Waals surface area contributed by atoms with E-state index in [1.54, 1.807) is 18.2 Å². The lowest BCUT2D eigenvalue weighted by Gasteiger charge is -2.26. The van der Waals surface area contributed by atoms with Crippen LogP contribution in [0.25, 0.3) is 11.3 Å². The molecule has 0 bridgehead atoms. The van der Waals surface area contributed by atoms with Crippen LogP contribution in [0.15, 0.2) is 54.6 Å². The molecule has 3 aromatic carbocycles. The molecule has 4 aromatic rings. The maximum Gasteiger partial charge on any atom is 0.414 e. The van der Waals surface area contributed by atoms with E-state index < -0.39 is 11.9 Å². The summed E-state index contributed by atoms with van der Waals surface area (Å²) in [4.78, 5) is 24.5. The van der Waals surface area contributed by atoms with Crippen LogP contribution in [0, 0.1) is 26.6 Å². The van der Waals surface area contributed by atoms with Gasteiger partial charge < -0.3 is 34.5 Å². The van der Waals surface area contributed by atoms with Crippen molar-refractivity contribution in [3.05, 3.63) is 82.7 Å². The number of rotatable bonds is 11. The van der Waals surface area contributed by atoms with Crippen molar-refractivity contribution >= 4 is 17.7 Å². The highest BCUT2D eigenvalue weighted by Crippen LogP contribution is 2.32. The maximum atomic E-state index is 15.1. The Hall–Kier alpha value is -4.90. The van der Waals surface area contributed by atoms with Crippen molar-refractivity contribution in [2.75, 3.05) is 44.8 Å². The summed E-state index contributed by atoms with van der Waals surface area (Å²) in [6, 6.07) is 15.8. The van der Waals surface area contributed by atoms with E-state index in [4.69, 9.17) is 23.9 Å². The van der Waals surface area contributed by atoms with Gasteiger partial charge >= 0.3 is 6.09 Å². The first kappa shape index (κ1) is 33.0. The number of anilines is 2. The Morgan fingerprint density at radius 1 is 0.917 bits per heavy atom. The molecule has 48 heavy (non-hydrogen) atoms. The fourth-order valence-electron chi connectivity index (χ4n) is 5.89. The lowest BCUT2D eigenvalue weighted by atomic mass is 9.97. The third-order valence-corrected chi connectivity index (χ3v) is 8.79. The monoisotopic (exact) mass is 655 g/mol. The van der Waals surface area contributed by atoms with Gasteiger partial charge in [0.25, 0.3) is 0 Å². The van der Waals surface area contributed by atoms with Crippen LogP contribution in [0.5, 0.6) is 23.1 Å². The third kappa shape index (κ3) is 8.32. The maximum absolute atomic E-state index is 15.1. The number of halogens is 1. The predicted octanol–water partition coefficient (Wildman–Crippen LogP) is 7.27. The van der Waals surface area contributed by atoms with E-state index >= 15 is 4.39 Å². The third-order valence-electron chi connectivity index (χ3n) is 8.79. The molecule has 10 nitrogen and oxygen atoms in total. The lowest BCUT2D eigenvalue weighted by molar-refractivity contribution is 0.171. The number of ether oxygens (including phenoxy) is 4. The van der Waals surface area contributed by atoms with Crippen molar-refractivity contribution in [1.82, 2.24) is 20.2 Å². The minimum Gasteiger partial charge on any atom is -0.490 e. The highest BCUT2D eigenvalue weighted by Gasteiger charge is 2.17. The van der Waals surface area contributed by atoms with Gasteiger partial charge in [-0.25, -0.2) is 14.2 Å². The Morgan fingerprint density at radius 2 is 1.73 bits per heavy atom. The molecular weight excluding hydrogens is 613 g/mol. The number of fused-ring (bicyclic) bond motifs is 1. The Morgan fingerprint density at radius 3 is 2.54 bits per heavy atom. The van der Waals surface area contributed by atoms with Gasteiger partial charge in [0.15, 0.2) is 23.1 Å². The summed E-state index contributed by atoms with van der Waals surface area (Å²) in [5, 5.41) is 5.84. The zero-order chi connectivity index (χ0) is 33.5. The van der Waals surface area contributed by atoms with E-state index in [2.05, 4.69) is 34.4 Å². The molecule has 11 heteroatoms. The minimum absolute atomic E-state index is 0.0360. The van der Waals surface area contributed by atoms with Crippen LogP contribution in [0.4, 0.5) is 20.8 Å². The van der Waals surface area contributed by atoms with Crippen LogP contribution in [0.1, 0.15) is 47.9 Å². The second kappa shape index (κ2) is 15.3. The number of amides is 1. The summed E-state index contributed by atoms with van der Waals surface area (Å²) >= 11 is 0. The van der Waals surface area contributed by atoms with Gasteiger partial charge in [0.1, 0.15) is 13.2 Å². The van der Waals surface area contributed by atoms with E-state index in [-0.39, 0.29) is 24.1 Å². The van der Waals surface area contributed by atoms with Crippen LogP contribution in [0.3, 0.4) is 0 Å². The standard InChI is InChI=1S/C37H42FN5O5/c1-24-8-11-29(26(3)25(24)2)31-22-35(48-37(44)39-23-27-9-12-33-34(20-27)47-19-18-46-33)42-36(41-31)40-28-10-13-32(30(38)21-28)45-17-7-16-43-14-5-4-6-15-43/h8-13,20-22H,4-7,14-19,23H2,1-3H3,(H,39,44)(H,40,41,42). The highest BCUT2D eigenvalue weighted by molar-refractivity contribution is 5.73. The Bertz CT molecular complexity index is 1760. The van der Waals surface area contributed by atoms with Gasteiger partial charge in [-0.15, -0.1) is 0 Å². The smallest absolute Gasteiger partial charge is 0.414 e. The van der Waals surface area contributed by atoms with Crippen molar-refractivity contribution in [3.8, 4) is 34.4 Å². The van der Waals surface area contributed by atoms with Gasteiger partial charge in [0, 0.05) is 36.5 Å². The Balaban J connectivity index is 1.15. The summed E-state index contributed by atoms with van der Waals surface area (Å²) in [7, 11) is 0. The van der Waals surface area contributed by atoms with E-state index in [0.29, 0.717) is 42.7 Å². The molecule has 1 saturated heterocycles. The van der Waals surface area contributed by atoms with Gasteiger partial charge in [-0.2, -0.15) is 4.98 Å². The van der Waals surface area contributed by atoms with Gasteiger partial charge in [0.05, 0.1) is 12.3 Å². The van der Waals surface area contributed by atoms with Crippen LogP contribution < -0.4 is 29.6 Å². The van der Waals surface area contributed by atoms with E-state index in [1.807, 2.05) is 37.3 Å². The number of aryl methyl sites for hydroxylation is 1. The van der Waals surface area contributed by atoms with Crippen molar-refractivity contribution in [2.24, 2.45) is 0 Å². The van der Waals surface area contributed by atoms with Crippen LogP contribution >= 0.6 is 0 Å². The molecule has 252 valence electrons. The molecule has 3 heterocycles. The van der Waals surface area contributed by atoms with Crippen molar-refractivity contribution in [2.45, 2.75) is 53.0 Å². The number of likely N-dealkylation sites (tertiary alicyclic amines) is 1. The number of hydrogen-bond donors (Lipinski definition) is 2. The topological polar surface area (TPSA) is 107 Å². The fraction of sp³-hybridized carbons (Fsp3) is 0.378. The van der Waals surface area contributed by atoms with Crippen molar-refractivity contribution in [1.29, 1.82) is 0 Å². The van der Waals surface area contributed by atoms with E-state index in [9.17, 15) is 4.79 Å². The van der Waals surface area contributed by atoms with Gasteiger partial charge in [0.2, 0.25) is 11.8 Å². The van der Waals surface area contributed by atoms with Crippen LogP contribution in [-0.4, -0.2) is 60.4 Å². The molecule has 1 aromatic heterocycles. The van der Waals surface area contributed by atoms with E-state index in [1.165, 1.54) is 25.3 Å². The second-order valence-corrected chi connectivity index (χ2v) is 12.2. The molecule has 0 saturated carbocycles. The number of piperidine rings is 1. The molecule has 1 fully saturated rings. The first-order chi connectivity index (χ1) is 23.3. The molecule has 0 spiro atoms. The lowest BCUT2D eigenvalue weighted by Crippen LogP contribution is -2.31. The van der Waals surface area contributed by atoms with Gasteiger partial charge in [-0.3, -0.25) is 0 Å². The Labute approximate surface area is 280 Å². The van der Waals surface area contributed by atoms with Gasteiger partial charge in [-0.05, 0) is 99.6 Å². The number of aromatic nitrogens is 2. The molecule has 6 rings (SSSR count). The molecule has 0 atom stereocenters. The Kier molecular flexibility index (Phi) is 10.5. The number of hydrogen-bond acceptors (Lipinski definition) is 9. The fourth-order valence-corrected chi connectivity index (χ4v) is 5.89. The average molecular weight is 656 g/mol. The quantitative estimate of drug-likeness (QED) is 0.161. The zero-order valence-electron chi connectivity index (χ0n) is 27.7. The molecule has 0 aliphatic carbocycles. The molecule has 0 unspecified atom stereocenters. The molecular formula is C37H42FN5O5. The van der Waals surface area contributed by atoms with Crippen LogP contribution in [-0.2, 0) is 6.54 Å². The summed E-state index contributed by atoms with van der Waals surface area (Å²) in [6.45, 7) is 11.0. The first-order valence-corrected chi connectivity index (χ1v) is 16.5. The summed E-state index contributed by atoms with van der Waals surface area (Å²) in [5.41, 5.74) is 6.00. The van der Waals surface area contributed by atoms with Crippen molar-refractivity contribution < 1.29 is 28.1 Å². The minimum atomic E-state index is -0.690. The summed E-state index contributed by atoms with van der Waals surface area (Å²) in [6.07, 6.45) is 3.93. The second-order valence-electron chi connectivity index (χ2n) is 12.2. The number of carbonyl (C=O) groups excluding carboxylic acids is 1. The summed E-state index contributed by atoms with van der Waals surface area (Å²) < 4.78 is 37.7.